The molecule has 0 saturated heterocycles. The number of nitrogens with zero attached hydrogens (tertiary/aromatic N) is 2. The lowest BCUT2D eigenvalue weighted by molar-refractivity contribution is 1.09. The number of hydrogen-bond donors (Lipinski definition) is 0. The molecule has 3 nitrogen and oxygen atoms in total. The predicted octanol–water partition coefficient (Wildman–Crippen LogP) is 6.16. The van der Waals surface area contributed by atoms with Crippen molar-refractivity contribution in [2.75, 3.05) is 19.0 Å². The van der Waals surface area contributed by atoms with Gasteiger partial charge in [0.2, 0.25) is 0 Å². The largest absolute Gasteiger partial charge is 0.378 e. The number of benzene rings is 3. The monoisotopic (exact) mass is 404 g/mol. The molecule has 3 aromatic carbocycles. The average molecular weight is 405 g/mol. The van der Waals surface area contributed by atoms with Crippen LogP contribution in [-0.4, -0.2) is 18.5 Å². The van der Waals surface area contributed by atoms with Crippen molar-refractivity contribution in [2.24, 2.45) is 0 Å². The van der Waals surface area contributed by atoms with E-state index in [4.69, 9.17) is 0 Å². The molecular weight excluding hydrogens is 380 g/mol. The first-order valence-electron chi connectivity index (χ1n) is 10.5. The Morgan fingerprint density at radius 1 is 0.742 bits per heavy atom. The zero-order valence-corrected chi connectivity index (χ0v) is 18.0. The maximum Gasteiger partial charge on any atom is 0.263 e. The highest BCUT2D eigenvalue weighted by Crippen LogP contribution is 2.34. The van der Waals surface area contributed by atoms with Crippen LogP contribution in [0.25, 0.3) is 38.5 Å². The van der Waals surface area contributed by atoms with E-state index in [0.717, 1.165) is 44.4 Å². The lowest BCUT2D eigenvalue weighted by Crippen LogP contribution is -2.17. The van der Waals surface area contributed by atoms with Gasteiger partial charge in [0.05, 0.1) is 11.1 Å². The van der Waals surface area contributed by atoms with Crippen LogP contribution >= 0.6 is 0 Å². The summed E-state index contributed by atoms with van der Waals surface area (Å²) in [6.07, 6.45) is 1.96. The fourth-order valence-corrected chi connectivity index (χ4v) is 4.32. The molecule has 0 amide bonds. The summed E-state index contributed by atoms with van der Waals surface area (Å²) in [5.74, 6) is 0. The van der Waals surface area contributed by atoms with E-state index in [9.17, 15) is 4.79 Å². The molecule has 0 spiro atoms. The molecule has 0 N–H and O–H groups in total. The van der Waals surface area contributed by atoms with Crippen LogP contribution in [0, 0.1) is 6.92 Å². The van der Waals surface area contributed by atoms with E-state index in [0.29, 0.717) is 0 Å². The van der Waals surface area contributed by atoms with E-state index in [-0.39, 0.29) is 5.56 Å². The summed E-state index contributed by atoms with van der Waals surface area (Å²) in [6, 6.07) is 28.8. The van der Waals surface area contributed by atoms with Crippen molar-refractivity contribution in [1.29, 1.82) is 0 Å². The van der Waals surface area contributed by atoms with Crippen LogP contribution in [0.2, 0.25) is 0 Å². The highest BCUT2D eigenvalue weighted by atomic mass is 16.1. The third kappa shape index (κ3) is 3.19. The molecule has 2 heterocycles. The Labute approximate surface area is 181 Å². The van der Waals surface area contributed by atoms with E-state index >= 15 is 0 Å². The Kier molecular flexibility index (Phi) is 4.59. The first-order valence-corrected chi connectivity index (χ1v) is 10.5. The number of rotatable bonds is 3. The van der Waals surface area contributed by atoms with Crippen molar-refractivity contribution in [3.8, 4) is 22.3 Å². The van der Waals surface area contributed by atoms with Crippen molar-refractivity contribution in [3.63, 3.8) is 0 Å². The van der Waals surface area contributed by atoms with E-state index < -0.39 is 0 Å². The maximum atomic E-state index is 13.8. The number of hydrogen-bond acceptors (Lipinski definition) is 2. The topological polar surface area (TPSA) is 24.7 Å². The van der Waals surface area contributed by atoms with Gasteiger partial charge in [-0.05, 0) is 52.8 Å². The normalized spacial score (nSPS) is 11.2. The van der Waals surface area contributed by atoms with Gasteiger partial charge in [-0.15, -0.1) is 0 Å². The molecular formula is C28H24N2O. The lowest BCUT2D eigenvalue weighted by Gasteiger charge is -2.17. The van der Waals surface area contributed by atoms with Gasteiger partial charge in [-0.25, -0.2) is 0 Å². The van der Waals surface area contributed by atoms with Gasteiger partial charge in [-0.3, -0.25) is 9.20 Å². The molecule has 3 heteroatoms. The number of anilines is 1. The molecule has 2 aromatic heterocycles. The van der Waals surface area contributed by atoms with Gasteiger partial charge in [-0.1, -0.05) is 66.7 Å². The summed E-state index contributed by atoms with van der Waals surface area (Å²) in [5.41, 5.74) is 6.80. The van der Waals surface area contributed by atoms with Crippen LogP contribution in [0.4, 0.5) is 5.69 Å². The van der Waals surface area contributed by atoms with Gasteiger partial charge < -0.3 is 4.90 Å². The predicted molar refractivity (Wildman–Crippen MR) is 131 cm³/mol. The summed E-state index contributed by atoms with van der Waals surface area (Å²) in [7, 11) is 4.06. The molecule has 0 aliphatic rings. The summed E-state index contributed by atoms with van der Waals surface area (Å²) in [4.78, 5) is 15.9. The zero-order valence-electron chi connectivity index (χ0n) is 18.0. The summed E-state index contributed by atoms with van der Waals surface area (Å²) in [6.45, 7) is 2.06. The van der Waals surface area contributed by atoms with Crippen LogP contribution in [-0.2, 0) is 0 Å². The van der Waals surface area contributed by atoms with Gasteiger partial charge >= 0.3 is 0 Å². The molecule has 0 bridgehead atoms. The standard InChI is InChI=1S/C28H24N2O/c1-19-18-30-26(24-12-8-7-11-23(19)24)17-25(20-13-15-22(16-14-20)29(2)3)27(28(30)31)21-9-5-4-6-10-21/h4-18H,1-3H3. The number of aryl methyl sites for hydroxylation is 1. The minimum Gasteiger partial charge on any atom is -0.378 e. The summed E-state index contributed by atoms with van der Waals surface area (Å²) >= 11 is 0. The lowest BCUT2D eigenvalue weighted by atomic mass is 9.94. The van der Waals surface area contributed by atoms with E-state index in [2.05, 4.69) is 54.3 Å². The molecule has 0 unspecified atom stereocenters. The fraction of sp³-hybridized carbons (Fsp3) is 0.107. The minimum absolute atomic E-state index is 0.00393. The third-order valence-corrected chi connectivity index (χ3v) is 5.95. The SMILES string of the molecule is Cc1cn2c(=O)c(-c3ccccc3)c(-c3ccc(N(C)C)cc3)cc2c2ccccc12. The van der Waals surface area contributed by atoms with E-state index in [1.54, 1.807) is 4.40 Å². The second kappa shape index (κ2) is 7.44. The molecule has 0 fully saturated rings. The molecule has 0 atom stereocenters. The maximum absolute atomic E-state index is 13.8. The van der Waals surface area contributed by atoms with E-state index in [1.807, 2.05) is 62.8 Å². The van der Waals surface area contributed by atoms with Crippen LogP contribution in [0.1, 0.15) is 5.56 Å². The second-order valence-corrected chi connectivity index (χ2v) is 8.16. The fourth-order valence-electron chi connectivity index (χ4n) is 4.32. The van der Waals surface area contributed by atoms with Gasteiger partial charge in [0.25, 0.3) is 5.56 Å². The molecule has 0 radical (unpaired) electrons. The quantitative estimate of drug-likeness (QED) is 0.336. The van der Waals surface area contributed by atoms with Gasteiger partial charge in [0.15, 0.2) is 0 Å². The molecule has 5 aromatic rings. The first kappa shape index (κ1) is 19.1. The molecule has 0 saturated carbocycles. The Morgan fingerprint density at radius 2 is 1.39 bits per heavy atom. The average Bonchev–Trinajstić information content (AvgIpc) is 2.80. The summed E-state index contributed by atoms with van der Waals surface area (Å²) in [5, 5.41) is 2.26. The Hall–Kier alpha value is -3.85. The Balaban J connectivity index is 1.91. The molecule has 0 aliphatic carbocycles. The van der Waals surface area contributed by atoms with Crippen molar-refractivity contribution in [2.45, 2.75) is 6.92 Å². The number of pyridine rings is 2. The Morgan fingerprint density at radius 3 is 2.06 bits per heavy atom. The molecule has 5 rings (SSSR count). The smallest absolute Gasteiger partial charge is 0.263 e. The minimum atomic E-state index is 0.00393. The molecule has 31 heavy (non-hydrogen) atoms. The molecule has 0 aliphatic heterocycles. The second-order valence-electron chi connectivity index (χ2n) is 8.16. The van der Waals surface area contributed by atoms with Gasteiger partial charge in [-0.2, -0.15) is 0 Å². The van der Waals surface area contributed by atoms with Crippen molar-refractivity contribution < 1.29 is 0 Å². The van der Waals surface area contributed by atoms with Crippen LogP contribution in [0.15, 0.2) is 95.9 Å². The third-order valence-electron chi connectivity index (χ3n) is 5.95. The van der Waals surface area contributed by atoms with Gasteiger partial charge in [0, 0.05) is 31.4 Å². The Bertz CT molecular complexity index is 1460. The number of aromatic nitrogens is 1. The van der Waals surface area contributed by atoms with E-state index in [1.165, 1.54) is 5.39 Å². The van der Waals surface area contributed by atoms with Crippen molar-refractivity contribution >= 4 is 22.0 Å². The van der Waals surface area contributed by atoms with Crippen LogP contribution in [0.3, 0.4) is 0 Å². The van der Waals surface area contributed by atoms with Crippen LogP contribution < -0.4 is 10.5 Å². The highest BCUT2D eigenvalue weighted by Gasteiger charge is 2.17. The van der Waals surface area contributed by atoms with Crippen LogP contribution in [0.5, 0.6) is 0 Å². The summed E-state index contributed by atoms with van der Waals surface area (Å²) < 4.78 is 1.80. The first-order chi connectivity index (χ1) is 15.0. The van der Waals surface area contributed by atoms with Crippen molar-refractivity contribution in [3.05, 3.63) is 107 Å². The molecule has 152 valence electrons. The zero-order chi connectivity index (χ0) is 21.5. The number of fused-ring (bicyclic) bond motifs is 3. The highest BCUT2D eigenvalue weighted by molar-refractivity contribution is 6.00. The van der Waals surface area contributed by atoms with Gasteiger partial charge in [0.1, 0.15) is 0 Å². The van der Waals surface area contributed by atoms with Crippen molar-refractivity contribution in [1.82, 2.24) is 4.40 Å².